The van der Waals surface area contributed by atoms with Crippen LogP contribution in [0.25, 0.3) is 0 Å². The van der Waals surface area contributed by atoms with Gasteiger partial charge in [0.15, 0.2) is 18.1 Å². The first-order valence-corrected chi connectivity index (χ1v) is 13.0. The molecule has 196 valence electrons. The Hall–Kier alpha value is -2.74. The third-order valence-electron chi connectivity index (χ3n) is 6.93. The van der Waals surface area contributed by atoms with Crippen molar-refractivity contribution >= 4 is 11.6 Å². The maximum atomic E-state index is 13.6. The zero-order valence-electron chi connectivity index (χ0n) is 20.6. The molecule has 2 aromatic carbocycles. The first-order chi connectivity index (χ1) is 17.4. The number of ether oxygens (including phenoxy) is 2. The number of amides is 1. The molecule has 0 saturated heterocycles. The fraction of sp³-hybridized carbons (Fsp3) is 0.536. The minimum absolute atomic E-state index is 0.0838. The fourth-order valence-electron chi connectivity index (χ4n) is 5.14. The standard InChI is InChI=1S/C28H35F3N2O3/c29-28(30,31)20-36-26-14-7-6-13-25(26)35-18-8-17-32-19-23-16-15-21-9-4-5-12-24(21)33(23)27(34)22-10-2-1-3-11-22/h4-7,9,12-14,22-23,32H,1-3,8,10-11,15-20H2. The predicted molar refractivity (Wildman–Crippen MR) is 134 cm³/mol. The van der Waals surface area contributed by atoms with Crippen molar-refractivity contribution in [1.29, 1.82) is 0 Å². The van der Waals surface area contributed by atoms with Gasteiger partial charge < -0.3 is 19.7 Å². The second-order valence-corrected chi connectivity index (χ2v) is 9.62. The number of aryl methyl sites for hydroxylation is 1. The number of fused-ring (bicyclic) bond motifs is 1. The van der Waals surface area contributed by atoms with E-state index < -0.39 is 12.8 Å². The number of alkyl halides is 3. The number of para-hydroxylation sites is 3. The lowest BCUT2D eigenvalue weighted by Gasteiger charge is -2.40. The highest BCUT2D eigenvalue weighted by molar-refractivity contribution is 5.97. The van der Waals surface area contributed by atoms with E-state index in [2.05, 4.69) is 17.4 Å². The number of carbonyl (C=O) groups is 1. The Morgan fingerprint density at radius 1 is 0.944 bits per heavy atom. The lowest BCUT2D eigenvalue weighted by atomic mass is 9.86. The van der Waals surface area contributed by atoms with Gasteiger partial charge in [0, 0.05) is 24.2 Å². The molecular formula is C28H35F3N2O3. The molecule has 0 bridgehead atoms. The topological polar surface area (TPSA) is 50.8 Å². The molecule has 1 heterocycles. The minimum Gasteiger partial charge on any atom is -0.490 e. The summed E-state index contributed by atoms with van der Waals surface area (Å²) in [6, 6.07) is 14.7. The van der Waals surface area contributed by atoms with Gasteiger partial charge in [0.2, 0.25) is 5.91 Å². The molecule has 1 saturated carbocycles. The number of halogens is 3. The molecule has 0 radical (unpaired) electrons. The van der Waals surface area contributed by atoms with Crippen LogP contribution in [0.4, 0.5) is 18.9 Å². The van der Waals surface area contributed by atoms with Crippen LogP contribution in [0, 0.1) is 5.92 Å². The number of carbonyl (C=O) groups excluding carboxylic acids is 1. The summed E-state index contributed by atoms with van der Waals surface area (Å²) in [5, 5.41) is 3.47. The first-order valence-electron chi connectivity index (χ1n) is 13.0. The third-order valence-corrected chi connectivity index (χ3v) is 6.93. The highest BCUT2D eigenvalue weighted by Gasteiger charge is 2.35. The second kappa shape index (κ2) is 12.5. The van der Waals surface area contributed by atoms with Gasteiger partial charge in [-0.2, -0.15) is 13.2 Å². The van der Waals surface area contributed by atoms with Gasteiger partial charge in [0.05, 0.1) is 6.61 Å². The lowest BCUT2D eigenvalue weighted by molar-refractivity contribution is -0.153. The third kappa shape index (κ3) is 7.15. The predicted octanol–water partition coefficient (Wildman–Crippen LogP) is 5.91. The van der Waals surface area contributed by atoms with E-state index in [-0.39, 0.29) is 23.6 Å². The highest BCUT2D eigenvalue weighted by Crippen LogP contribution is 2.35. The SMILES string of the molecule is O=C(C1CCCCC1)N1c2ccccc2CCC1CNCCCOc1ccccc1OCC(F)(F)F. The van der Waals surface area contributed by atoms with Gasteiger partial charge in [-0.3, -0.25) is 4.79 Å². The van der Waals surface area contributed by atoms with Gasteiger partial charge in [-0.05, 0) is 62.4 Å². The van der Waals surface area contributed by atoms with Crippen LogP contribution in [0.3, 0.4) is 0 Å². The summed E-state index contributed by atoms with van der Waals surface area (Å²) in [5.74, 6) is 0.753. The van der Waals surface area contributed by atoms with Crippen molar-refractivity contribution in [3.63, 3.8) is 0 Å². The Balaban J connectivity index is 1.27. The van der Waals surface area contributed by atoms with E-state index in [0.717, 1.165) is 44.2 Å². The number of benzene rings is 2. The van der Waals surface area contributed by atoms with Crippen LogP contribution in [-0.2, 0) is 11.2 Å². The lowest BCUT2D eigenvalue weighted by Crippen LogP contribution is -2.51. The number of nitrogens with zero attached hydrogens (tertiary/aromatic N) is 1. The van der Waals surface area contributed by atoms with Crippen LogP contribution in [0.1, 0.15) is 50.5 Å². The maximum absolute atomic E-state index is 13.6. The molecule has 2 aliphatic rings. The Kier molecular flexibility index (Phi) is 9.13. The van der Waals surface area contributed by atoms with Crippen molar-refractivity contribution in [2.24, 2.45) is 5.92 Å². The molecule has 4 rings (SSSR count). The Labute approximate surface area is 211 Å². The molecule has 1 unspecified atom stereocenters. The van der Waals surface area contributed by atoms with E-state index in [4.69, 9.17) is 9.47 Å². The number of anilines is 1. The zero-order chi connectivity index (χ0) is 25.4. The Morgan fingerprint density at radius 3 is 2.39 bits per heavy atom. The highest BCUT2D eigenvalue weighted by atomic mass is 19.4. The summed E-state index contributed by atoms with van der Waals surface area (Å²) in [6.07, 6.45) is 3.56. The zero-order valence-corrected chi connectivity index (χ0v) is 20.6. The Bertz CT molecular complexity index is 992. The van der Waals surface area contributed by atoms with Crippen LogP contribution >= 0.6 is 0 Å². The molecule has 0 spiro atoms. The average Bonchev–Trinajstić information content (AvgIpc) is 2.89. The smallest absolute Gasteiger partial charge is 0.422 e. The summed E-state index contributed by atoms with van der Waals surface area (Å²) in [7, 11) is 0. The minimum atomic E-state index is -4.40. The van der Waals surface area contributed by atoms with Gasteiger partial charge in [-0.25, -0.2) is 0 Å². The summed E-state index contributed by atoms with van der Waals surface area (Å²) in [5.41, 5.74) is 2.28. The van der Waals surface area contributed by atoms with E-state index >= 15 is 0 Å². The molecule has 1 aliphatic carbocycles. The van der Waals surface area contributed by atoms with Crippen molar-refractivity contribution in [2.45, 2.75) is 63.6 Å². The molecule has 8 heteroatoms. The van der Waals surface area contributed by atoms with Gasteiger partial charge in [-0.1, -0.05) is 49.6 Å². The summed E-state index contributed by atoms with van der Waals surface area (Å²) < 4.78 is 48.0. The molecule has 36 heavy (non-hydrogen) atoms. The van der Waals surface area contributed by atoms with E-state index in [1.807, 2.05) is 17.0 Å². The summed E-state index contributed by atoms with van der Waals surface area (Å²) >= 11 is 0. The van der Waals surface area contributed by atoms with E-state index in [0.29, 0.717) is 31.9 Å². The van der Waals surface area contributed by atoms with Crippen LogP contribution in [0.5, 0.6) is 11.5 Å². The van der Waals surface area contributed by atoms with Gasteiger partial charge in [-0.15, -0.1) is 0 Å². The largest absolute Gasteiger partial charge is 0.490 e. The van der Waals surface area contributed by atoms with Crippen molar-refractivity contribution in [3.8, 4) is 11.5 Å². The summed E-state index contributed by atoms with van der Waals surface area (Å²) in [4.78, 5) is 15.6. The molecule has 1 amide bonds. The molecule has 1 fully saturated rings. The average molecular weight is 505 g/mol. The van der Waals surface area contributed by atoms with E-state index in [1.165, 1.54) is 18.1 Å². The number of hydrogen-bond acceptors (Lipinski definition) is 4. The van der Waals surface area contributed by atoms with E-state index in [1.54, 1.807) is 18.2 Å². The van der Waals surface area contributed by atoms with Gasteiger partial charge in [0.1, 0.15) is 0 Å². The summed E-state index contributed by atoms with van der Waals surface area (Å²) in [6.45, 7) is 0.361. The number of nitrogens with one attached hydrogen (secondary N) is 1. The van der Waals surface area contributed by atoms with Crippen LogP contribution < -0.4 is 19.7 Å². The normalized spacial score (nSPS) is 18.5. The van der Waals surface area contributed by atoms with Gasteiger partial charge >= 0.3 is 6.18 Å². The van der Waals surface area contributed by atoms with Crippen LogP contribution in [0.15, 0.2) is 48.5 Å². The Morgan fingerprint density at radius 2 is 1.64 bits per heavy atom. The van der Waals surface area contributed by atoms with Gasteiger partial charge in [0.25, 0.3) is 0 Å². The molecule has 1 aliphatic heterocycles. The second-order valence-electron chi connectivity index (χ2n) is 9.62. The molecule has 1 atom stereocenters. The van der Waals surface area contributed by atoms with Crippen LogP contribution in [0.2, 0.25) is 0 Å². The molecule has 2 aromatic rings. The van der Waals surface area contributed by atoms with E-state index in [9.17, 15) is 18.0 Å². The molecule has 5 nitrogen and oxygen atoms in total. The molecule has 0 aromatic heterocycles. The fourth-order valence-corrected chi connectivity index (χ4v) is 5.14. The van der Waals surface area contributed by atoms with Crippen LogP contribution in [-0.4, -0.2) is 44.4 Å². The van der Waals surface area contributed by atoms with Crippen molar-refractivity contribution in [1.82, 2.24) is 5.32 Å². The quantitative estimate of drug-likeness (QED) is 0.409. The first kappa shape index (κ1) is 26.3. The molecule has 1 N–H and O–H groups in total. The number of hydrogen-bond donors (Lipinski definition) is 1. The molecular weight excluding hydrogens is 469 g/mol. The number of rotatable bonds is 10. The maximum Gasteiger partial charge on any atom is 0.422 e. The van der Waals surface area contributed by atoms with Crippen molar-refractivity contribution in [3.05, 3.63) is 54.1 Å². The van der Waals surface area contributed by atoms with Crippen molar-refractivity contribution in [2.75, 3.05) is 31.2 Å². The van der Waals surface area contributed by atoms with Crippen molar-refractivity contribution < 1.29 is 27.4 Å². The monoisotopic (exact) mass is 504 g/mol.